The van der Waals surface area contributed by atoms with Gasteiger partial charge in [0.05, 0.1) is 12.8 Å². The molecule has 0 radical (unpaired) electrons. The van der Waals surface area contributed by atoms with Crippen LogP contribution in [0.15, 0.2) is 48.8 Å². The lowest BCUT2D eigenvalue weighted by Gasteiger charge is -2.10. The molecule has 0 atom stereocenters. The number of carbonyl (C=O) groups excluding carboxylic acids is 1. The number of nitrogens with zero attached hydrogens (tertiary/aromatic N) is 4. The highest BCUT2D eigenvalue weighted by Crippen LogP contribution is 2.26. The molecular formula is C18H19N5O2. The van der Waals surface area contributed by atoms with Gasteiger partial charge in [-0.05, 0) is 38.1 Å². The number of nitrogens with one attached hydrogen (secondary N) is 1. The zero-order valence-electron chi connectivity index (χ0n) is 14.3. The number of hydrogen-bond donors (Lipinski definition) is 1. The topological polar surface area (TPSA) is 81.9 Å². The molecule has 3 rings (SSSR count). The van der Waals surface area contributed by atoms with Crippen molar-refractivity contribution < 1.29 is 9.53 Å². The first kappa shape index (κ1) is 16.6. The average molecular weight is 337 g/mol. The standard InChI is InChI=1S/C18H19N5O2/c1-12(2)20-18(24)16-17(13-7-9-19-10-8-13)23(22-21-16)14-5-4-6-15(11-14)25-3/h4-12H,1-3H3,(H,20,24). The minimum Gasteiger partial charge on any atom is -0.497 e. The molecule has 0 saturated carbocycles. The molecule has 0 bridgehead atoms. The quantitative estimate of drug-likeness (QED) is 0.773. The first-order valence-corrected chi connectivity index (χ1v) is 7.91. The molecule has 3 aromatic rings. The molecule has 1 amide bonds. The van der Waals surface area contributed by atoms with Crippen molar-refractivity contribution in [2.45, 2.75) is 19.9 Å². The Labute approximate surface area is 145 Å². The van der Waals surface area contributed by atoms with Crippen LogP contribution >= 0.6 is 0 Å². The lowest BCUT2D eigenvalue weighted by Crippen LogP contribution is -2.30. The highest BCUT2D eigenvalue weighted by Gasteiger charge is 2.22. The van der Waals surface area contributed by atoms with Gasteiger partial charge in [-0.2, -0.15) is 0 Å². The van der Waals surface area contributed by atoms with E-state index in [1.54, 1.807) is 24.2 Å². The first-order chi connectivity index (χ1) is 12.1. The summed E-state index contributed by atoms with van der Waals surface area (Å²) in [5.74, 6) is 0.429. The predicted octanol–water partition coefficient (Wildman–Crippen LogP) is 2.48. The van der Waals surface area contributed by atoms with Crippen LogP contribution in [0.25, 0.3) is 16.9 Å². The van der Waals surface area contributed by atoms with Crippen LogP contribution in [0.5, 0.6) is 5.75 Å². The normalized spacial score (nSPS) is 10.7. The molecule has 0 aliphatic carbocycles. The Morgan fingerprint density at radius 3 is 2.64 bits per heavy atom. The molecule has 0 aliphatic heterocycles. The number of pyridine rings is 1. The summed E-state index contributed by atoms with van der Waals surface area (Å²) in [6, 6.07) is 11.1. The molecule has 0 fully saturated rings. The number of ether oxygens (including phenoxy) is 1. The fourth-order valence-electron chi connectivity index (χ4n) is 2.46. The van der Waals surface area contributed by atoms with Crippen LogP contribution in [0.3, 0.4) is 0 Å². The van der Waals surface area contributed by atoms with Gasteiger partial charge in [-0.15, -0.1) is 5.10 Å². The summed E-state index contributed by atoms with van der Waals surface area (Å²) in [5, 5.41) is 11.2. The second-order valence-electron chi connectivity index (χ2n) is 5.76. The number of carbonyl (C=O) groups is 1. The predicted molar refractivity (Wildman–Crippen MR) is 93.7 cm³/mol. The van der Waals surface area contributed by atoms with Crippen molar-refractivity contribution in [3.63, 3.8) is 0 Å². The molecule has 0 spiro atoms. The molecule has 7 heteroatoms. The average Bonchev–Trinajstić information content (AvgIpc) is 3.07. The molecule has 1 aromatic carbocycles. The summed E-state index contributed by atoms with van der Waals surface area (Å²) >= 11 is 0. The van der Waals surface area contributed by atoms with Gasteiger partial charge in [0.1, 0.15) is 11.4 Å². The largest absolute Gasteiger partial charge is 0.497 e. The van der Waals surface area contributed by atoms with Gasteiger partial charge in [-0.25, -0.2) is 4.68 Å². The first-order valence-electron chi connectivity index (χ1n) is 7.91. The Morgan fingerprint density at radius 1 is 1.20 bits per heavy atom. The van der Waals surface area contributed by atoms with E-state index in [1.165, 1.54) is 0 Å². The third-order valence-electron chi connectivity index (χ3n) is 3.56. The fourth-order valence-corrected chi connectivity index (χ4v) is 2.46. The summed E-state index contributed by atoms with van der Waals surface area (Å²) in [4.78, 5) is 16.6. The van der Waals surface area contributed by atoms with Gasteiger partial charge in [-0.3, -0.25) is 9.78 Å². The van der Waals surface area contributed by atoms with E-state index >= 15 is 0 Å². The fraction of sp³-hybridized carbons (Fsp3) is 0.222. The smallest absolute Gasteiger partial charge is 0.274 e. The van der Waals surface area contributed by atoms with Crippen molar-refractivity contribution in [3.05, 3.63) is 54.5 Å². The van der Waals surface area contributed by atoms with Crippen LogP contribution in [0.4, 0.5) is 0 Å². The molecule has 0 unspecified atom stereocenters. The van der Waals surface area contributed by atoms with Crippen LogP contribution in [0.2, 0.25) is 0 Å². The van der Waals surface area contributed by atoms with E-state index in [4.69, 9.17) is 4.74 Å². The highest BCUT2D eigenvalue weighted by molar-refractivity contribution is 5.98. The Morgan fingerprint density at radius 2 is 1.96 bits per heavy atom. The van der Waals surface area contributed by atoms with Crippen LogP contribution in [0, 0.1) is 0 Å². The number of rotatable bonds is 5. The maximum Gasteiger partial charge on any atom is 0.274 e. The van der Waals surface area contributed by atoms with Gasteiger partial charge in [0, 0.05) is 30.1 Å². The SMILES string of the molecule is COc1cccc(-n2nnc(C(=O)NC(C)C)c2-c2ccncc2)c1. The van der Waals surface area contributed by atoms with E-state index in [0.717, 1.165) is 11.3 Å². The zero-order valence-corrected chi connectivity index (χ0v) is 14.3. The van der Waals surface area contributed by atoms with E-state index in [9.17, 15) is 4.79 Å². The Hall–Kier alpha value is -3.22. The van der Waals surface area contributed by atoms with Gasteiger partial charge in [0.2, 0.25) is 0 Å². The highest BCUT2D eigenvalue weighted by atomic mass is 16.5. The second kappa shape index (κ2) is 7.12. The Bertz CT molecular complexity index is 874. The van der Waals surface area contributed by atoms with Gasteiger partial charge in [0.25, 0.3) is 5.91 Å². The minimum absolute atomic E-state index is 0.000223. The number of benzene rings is 1. The zero-order chi connectivity index (χ0) is 17.8. The molecule has 7 nitrogen and oxygen atoms in total. The summed E-state index contributed by atoms with van der Waals surface area (Å²) in [6.07, 6.45) is 3.34. The summed E-state index contributed by atoms with van der Waals surface area (Å²) < 4.78 is 6.91. The third-order valence-corrected chi connectivity index (χ3v) is 3.56. The number of methoxy groups -OCH3 is 1. The lowest BCUT2D eigenvalue weighted by atomic mass is 10.1. The van der Waals surface area contributed by atoms with Gasteiger partial charge in [0.15, 0.2) is 5.69 Å². The second-order valence-corrected chi connectivity index (χ2v) is 5.76. The number of hydrogen-bond acceptors (Lipinski definition) is 5. The van der Waals surface area contributed by atoms with Crippen molar-refractivity contribution in [1.29, 1.82) is 0 Å². The van der Waals surface area contributed by atoms with Crippen molar-refractivity contribution in [3.8, 4) is 22.7 Å². The summed E-state index contributed by atoms with van der Waals surface area (Å²) in [5.41, 5.74) is 2.43. The minimum atomic E-state index is -0.268. The van der Waals surface area contributed by atoms with E-state index in [1.807, 2.05) is 50.2 Å². The maximum absolute atomic E-state index is 12.5. The van der Waals surface area contributed by atoms with Crippen molar-refractivity contribution in [2.24, 2.45) is 0 Å². The van der Waals surface area contributed by atoms with Crippen LogP contribution in [-0.2, 0) is 0 Å². The molecule has 2 heterocycles. The van der Waals surface area contributed by atoms with E-state index < -0.39 is 0 Å². The Kier molecular flexibility index (Phi) is 4.74. The monoisotopic (exact) mass is 337 g/mol. The van der Waals surface area contributed by atoms with Crippen LogP contribution < -0.4 is 10.1 Å². The van der Waals surface area contributed by atoms with Gasteiger partial charge < -0.3 is 10.1 Å². The molecule has 1 N–H and O–H groups in total. The van der Waals surface area contributed by atoms with Crippen molar-refractivity contribution in [1.82, 2.24) is 25.3 Å². The van der Waals surface area contributed by atoms with Gasteiger partial charge in [-0.1, -0.05) is 11.3 Å². The molecule has 128 valence electrons. The Balaban J connectivity index is 2.16. The third kappa shape index (κ3) is 3.50. The molecule has 2 aromatic heterocycles. The number of amides is 1. The van der Waals surface area contributed by atoms with Gasteiger partial charge >= 0.3 is 0 Å². The molecule has 0 aliphatic rings. The van der Waals surface area contributed by atoms with Crippen molar-refractivity contribution in [2.75, 3.05) is 7.11 Å². The summed E-state index contributed by atoms with van der Waals surface area (Å²) in [7, 11) is 1.60. The van der Waals surface area contributed by atoms with E-state index in [0.29, 0.717) is 11.4 Å². The van der Waals surface area contributed by atoms with E-state index in [2.05, 4.69) is 20.6 Å². The maximum atomic E-state index is 12.5. The molecule has 25 heavy (non-hydrogen) atoms. The molecular weight excluding hydrogens is 318 g/mol. The number of aromatic nitrogens is 4. The molecule has 0 saturated heterocycles. The van der Waals surface area contributed by atoms with Crippen LogP contribution in [-0.4, -0.2) is 39.0 Å². The van der Waals surface area contributed by atoms with Crippen molar-refractivity contribution >= 4 is 5.91 Å². The lowest BCUT2D eigenvalue weighted by molar-refractivity contribution is 0.0938. The van der Waals surface area contributed by atoms with Crippen LogP contribution in [0.1, 0.15) is 24.3 Å². The van der Waals surface area contributed by atoms with E-state index in [-0.39, 0.29) is 17.6 Å². The summed E-state index contributed by atoms with van der Waals surface area (Å²) in [6.45, 7) is 3.80.